The second kappa shape index (κ2) is 6.60. The van der Waals surface area contributed by atoms with Crippen molar-refractivity contribution in [1.82, 2.24) is 0 Å². The van der Waals surface area contributed by atoms with E-state index in [1.165, 1.54) is 34.4 Å². The molecular formula is C21H21NO2S. The van der Waals surface area contributed by atoms with Crippen LogP contribution in [0.4, 0.5) is 5.69 Å². The van der Waals surface area contributed by atoms with Crippen molar-refractivity contribution in [3.05, 3.63) is 71.7 Å². The summed E-state index contributed by atoms with van der Waals surface area (Å²) in [6.07, 6.45) is 5.49. The molecule has 0 saturated heterocycles. The Balaban J connectivity index is 1.55. The van der Waals surface area contributed by atoms with Crippen molar-refractivity contribution in [1.29, 1.82) is 0 Å². The van der Waals surface area contributed by atoms with Crippen LogP contribution in [-0.2, 0) is 19.3 Å². The van der Waals surface area contributed by atoms with Gasteiger partial charge in [-0.3, -0.25) is 9.59 Å². The number of rotatable bonds is 5. The molecule has 3 aromatic rings. The summed E-state index contributed by atoms with van der Waals surface area (Å²) in [5.74, 6) is 0. The maximum Gasteiger partial charge on any atom is 0.250 e. The van der Waals surface area contributed by atoms with Gasteiger partial charge in [-0.15, -0.1) is 11.3 Å². The zero-order valence-corrected chi connectivity index (χ0v) is 15.2. The minimum Gasteiger partial charge on any atom is -0.381 e. The molecule has 1 heterocycles. The fourth-order valence-electron chi connectivity index (χ4n) is 3.69. The van der Waals surface area contributed by atoms with E-state index in [9.17, 15) is 9.59 Å². The van der Waals surface area contributed by atoms with E-state index in [1.807, 2.05) is 6.07 Å². The molecule has 0 bridgehead atoms. The number of aryl methyl sites for hydroxylation is 3. The number of hydrogen-bond donors (Lipinski definition) is 1. The minimum atomic E-state index is -0.379. The second-order valence-electron chi connectivity index (χ2n) is 6.80. The molecule has 4 heteroatoms. The van der Waals surface area contributed by atoms with E-state index in [2.05, 4.69) is 35.8 Å². The SMILES string of the molecule is Cc1ccsc1CCNc1c(-c2ccc3c(c2)CCCC3)c(=O)c1=O. The van der Waals surface area contributed by atoms with Crippen molar-refractivity contribution in [2.45, 2.75) is 39.0 Å². The maximum atomic E-state index is 12.1. The number of fused-ring (bicyclic) bond motifs is 1. The van der Waals surface area contributed by atoms with E-state index in [1.54, 1.807) is 11.3 Å². The molecule has 0 atom stereocenters. The summed E-state index contributed by atoms with van der Waals surface area (Å²) in [7, 11) is 0. The summed E-state index contributed by atoms with van der Waals surface area (Å²) in [4.78, 5) is 25.5. The third-order valence-corrected chi connectivity index (χ3v) is 6.25. The van der Waals surface area contributed by atoms with E-state index < -0.39 is 0 Å². The Labute approximate surface area is 151 Å². The molecule has 4 rings (SSSR count). The van der Waals surface area contributed by atoms with Gasteiger partial charge < -0.3 is 5.32 Å². The Hall–Kier alpha value is -2.20. The van der Waals surface area contributed by atoms with Crippen molar-refractivity contribution >= 4 is 17.0 Å². The minimum absolute atomic E-state index is 0.356. The third kappa shape index (κ3) is 2.95. The average Bonchev–Trinajstić information content (AvgIpc) is 3.05. The van der Waals surface area contributed by atoms with Gasteiger partial charge in [0.15, 0.2) is 0 Å². The second-order valence-corrected chi connectivity index (χ2v) is 7.80. The van der Waals surface area contributed by atoms with Crippen LogP contribution in [0, 0.1) is 6.92 Å². The van der Waals surface area contributed by atoms with Gasteiger partial charge in [0.2, 0.25) is 10.9 Å². The van der Waals surface area contributed by atoms with Crippen LogP contribution in [0.25, 0.3) is 11.1 Å². The molecule has 0 spiro atoms. The summed E-state index contributed by atoms with van der Waals surface area (Å²) in [5, 5.41) is 5.29. The van der Waals surface area contributed by atoms with Crippen LogP contribution in [0.15, 0.2) is 39.2 Å². The topological polar surface area (TPSA) is 46.2 Å². The molecule has 1 N–H and O–H groups in total. The highest BCUT2D eigenvalue weighted by Crippen LogP contribution is 2.29. The quantitative estimate of drug-likeness (QED) is 0.710. The summed E-state index contributed by atoms with van der Waals surface area (Å²) in [6.45, 7) is 2.77. The van der Waals surface area contributed by atoms with Crippen LogP contribution in [0.1, 0.15) is 34.4 Å². The third-order valence-electron chi connectivity index (χ3n) is 5.17. The first-order valence-electron chi connectivity index (χ1n) is 8.87. The maximum absolute atomic E-state index is 12.1. The molecule has 0 unspecified atom stereocenters. The summed E-state index contributed by atoms with van der Waals surface area (Å²) < 4.78 is 0. The van der Waals surface area contributed by atoms with E-state index >= 15 is 0 Å². The monoisotopic (exact) mass is 351 g/mol. The van der Waals surface area contributed by atoms with Gasteiger partial charge in [0, 0.05) is 11.4 Å². The van der Waals surface area contributed by atoms with E-state index in [0.717, 1.165) is 24.8 Å². The summed E-state index contributed by atoms with van der Waals surface area (Å²) in [5.41, 5.74) is 5.22. The average molecular weight is 351 g/mol. The largest absolute Gasteiger partial charge is 0.381 e. The Bertz CT molecular complexity index is 992. The van der Waals surface area contributed by atoms with Crippen LogP contribution in [-0.4, -0.2) is 6.54 Å². The van der Waals surface area contributed by atoms with Gasteiger partial charge in [0.25, 0.3) is 0 Å². The van der Waals surface area contributed by atoms with Gasteiger partial charge >= 0.3 is 0 Å². The first-order chi connectivity index (χ1) is 12.1. The van der Waals surface area contributed by atoms with Gasteiger partial charge in [-0.1, -0.05) is 18.2 Å². The predicted octanol–water partition coefficient (Wildman–Crippen LogP) is 3.85. The van der Waals surface area contributed by atoms with Crippen molar-refractivity contribution in [3.63, 3.8) is 0 Å². The van der Waals surface area contributed by atoms with Crippen LogP contribution in [0.5, 0.6) is 0 Å². The summed E-state index contributed by atoms with van der Waals surface area (Å²) in [6, 6.07) is 8.34. The lowest BCUT2D eigenvalue weighted by Crippen LogP contribution is -2.36. The first-order valence-corrected chi connectivity index (χ1v) is 9.75. The van der Waals surface area contributed by atoms with Gasteiger partial charge in [-0.2, -0.15) is 0 Å². The predicted molar refractivity (Wildman–Crippen MR) is 105 cm³/mol. The van der Waals surface area contributed by atoms with Crippen molar-refractivity contribution in [2.24, 2.45) is 0 Å². The molecule has 1 aliphatic carbocycles. The number of anilines is 1. The van der Waals surface area contributed by atoms with E-state index in [-0.39, 0.29) is 10.9 Å². The lowest BCUT2D eigenvalue weighted by molar-refractivity contribution is 0.686. The van der Waals surface area contributed by atoms with Crippen molar-refractivity contribution in [3.8, 4) is 11.1 Å². The molecule has 1 aromatic heterocycles. The highest BCUT2D eigenvalue weighted by molar-refractivity contribution is 7.10. The van der Waals surface area contributed by atoms with Crippen LogP contribution in [0.2, 0.25) is 0 Å². The number of thiophene rings is 1. The lowest BCUT2D eigenvalue weighted by atomic mass is 9.88. The zero-order valence-electron chi connectivity index (χ0n) is 14.4. The number of hydrogen-bond acceptors (Lipinski definition) is 4. The highest BCUT2D eigenvalue weighted by atomic mass is 32.1. The number of nitrogens with one attached hydrogen (secondary N) is 1. The molecule has 1 aliphatic rings. The van der Waals surface area contributed by atoms with Gasteiger partial charge in [-0.25, -0.2) is 0 Å². The molecule has 25 heavy (non-hydrogen) atoms. The standard InChI is InChI=1S/C21H21NO2S/c1-13-9-11-25-17(13)8-10-22-19-18(20(23)21(19)24)16-7-6-14-4-2-3-5-15(14)12-16/h6-7,9,11-12,22H,2-5,8,10H2,1H3. The molecule has 0 saturated carbocycles. The Morgan fingerprint density at radius 3 is 2.60 bits per heavy atom. The van der Waals surface area contributed by atoms with Gasteiger partial charge in [0.05, 0.1) is 11.3 Å². The molecule has 3 nitrogen and oxygen atoms in total. The molecule has 0 radical (unpaired) electrons. The van der Waals surface area contributed by atoms with E-state index in [4.69, 9.17) is 0 Å². The Morgan fingerprint density at radius 2 is 1.84 bits per heavy atom. The van der Waals surface area contributed by atoms with Gasteiger partial charge in [0.1, 0.15) is 0 Å². The molecule has 0 fully saturated rings. The van der Waals surface area contributed by atoms with Gasteiger partial charge in [-0.05, 0) is 72.7 Å². The lowest BCUT2D eigenvalue weighted by Gasteiger charge is -2.18. The normalized spacial score (nSPS) is 13.8. The smallest absolute Gasteiger partial charge is 0.250 e. The van der Waals surface area contributed by atoms with Crippen molar-refractivity contribution in [2.75, 3.05) is 11.9 Å². The van der Waals surface area contributed by atoms with Crippen LogP contribution >= 0.6 is 11.3 Å². The zero-order chi connectivity index (χ0) is 17.4. The molecule has 128 valence electrons. The van der Waals surface area contributed by atoms with Crippen LogP contribution in [0.3, 0.4) is 0 Å². The summed E-state index contributed by atoms with van der Waals surface area (Å²) >= 11 is 1.73. The van der Waals surface area contributed by atoms with Crippen LogP contribution < -0.4 is 16.2 Å². The Morgan fingerprint density at radius 1 is 1.04 bits per heavy atom. The van der Waals surface area contributed by atoms with E-state index in [0.29, 0.717) is 17.8 Å². The molecule has 2 aromatic carbocycles. The Kier molecular flexibility index (Phi) is 4.30. The van der Waals surface area contributed by atoms with Crippen molar-refractivity contribution < 1.29 is 0 Å². The number of benzene rings is 1. The fourth-order valence-corrected chi connectivity index (χ4v) is 4.60. The molecular weight excluding hydrogens is 330 g/mol. The fraction of sp³-hybridized carbons (Fsp3) is 0.333. The highest BCUT2D eigenvalue weighted by Gasteiger charge is 2.23. The molecule has 0 amide bonds. The molecule has 0 aliphatic heterocycles. The first kappa shape index (κ1) is 16.3.